The lowest BCUT2D eigenvalue weighted by molar-refractivity contribution is -0.138. The second kappa shape index (κ2) is 13.8. The Morgan fingerprint density at radius 1 is 0.878 bits per heavy atom. The van der Waals surface area contributed by atoms with E-state index in [-0.39, 0.29) is 18.8 Å². The topological polar surface area (TPSA) is 88.8 Å². The summed E-state index contributed by atoms with van der Waals surface area (Å²) in [6.07, 6.45) is 7.70. The number of rotatable bonds is 14. The number of hydrogen-bond donors (Lipinski definition) is 2. The second-order valence-corrected chi connectivity index (χ2v) is 10.3. The Morgan fingerprint density at radius 2 is 1.63 bits per heavy atom. The summed E-state index contributed by atoms with van der Waals surface area (Å²) in [7, 11) is 0. The van der Waals surface area contributed by atoms with Gasteiger partial charge in [-0.15, -0.1) is 0 Å². The first-order valence-corrected chi connectivity index (χ1v) is 13.9. The average molecular weight is 558 g/mol. The molecule has 1 aromatic heterocycles. The van der Waals surface area contributed by atoms with E-state index in [1.807, 2.05) is 74.5 Å². The molecule has 4 aromatic rings. The van der Waals surface area contributed by atoms with Crippen molar-refractivity contribution in [2.75, 3.05) is 6.61 Å². The SMILES string of the molecule is Cc1c(F)cccc1CCCCOc1ccc(/C=C/c2cccc3c(CCCC(=O)O)c(C)n(CC(=O)O)c23)cc1. The number of carboxylic acid groups (broad SMARTS) is 2. The maximum atomic E-state index is 13.7. The van der Waals surface area contributed by atoms with Crippen LogP contribution in [-0.2, 0) is 29.0 Å². The number of ether oxygens (including phenoxy) is 1. The summed E-state index contributed by atoms with van der Waals surface area (Å²) >= 11 is 0. The number of unbranched alkanes of at least 4 members (excludes halogenated alkanes) is 1. The van der Waals surface area contributed by atoms with Crippen LogP contribution in [0.5, 0.6) is 5.75 Å². The second-order valence-electron chi connectivity index (χ2n) is 10.3. The summed E-state index contributed by atoms with van der Waals surface area (Å²) in [6, 6.07) is 18.9. The van der Waals surface area contributed by atoms with Crippen LogP contribution >= 0.6 is 0 Å². The van der Waals surface area contributed by atoms with E-state index < -0.39 is 11.9 Å². The summed E-state index contributed by atoms with van der Waals surface area (Å²) in [5.74, 6) is -1.15. The Morgan fingerprint density at radius 3 is 2.37 bits per heavy atom. The van der Waals surface area contributed by atoms with Crippen molar-refractivity contribution in [3.8, 4) is 5.75 Å². The monoisotopic (exact) mass is 557 g/mol. The minimum absolute atomic E-state index is 0.0684. The van der Waals surface area contributed by atoms with E-state index in [0.29, 0.717) is 19.4 Å². The molecule has 0 aliphatic carbocycles. The lowest BCUT2D eigenvalue weighted by Crippen LogP contribution is -2.10. The Balaban J connectivity index is 1.41. The highest BCUT2D eigenvalue weighted by molar-refractivity contribution is 5.95. The summed E-state index contributed by atoms with van der Waals surface area (Å²) in [4.78, 5) is 22.7. The molecule has 0 bridgehead atoms. The summed E-state index contributed by atoms with van der Waals surface area (Å²) in [5, 5.41) is 19.6. The molecule has 2 N–H and O–H groups in total. The van der Waals surface area contributed by atoms with E-state index in [9.17, 15) is 19.1 Å². The predicted octanol–water partition coefficient (Wildman–Crippen LogP) is 7.46. The highest BCUT2D eigenvalue weighted by atomic mass is 19.1. The molecule has 0 amide bonds. The summed E-state index contributed by atoms with van der Waals surface area (Å²) in [5.41, 5.74) is 6.30. The number of hydrogen-bond acceptors (Lipinski definition) is 3. The van der Waals surface area contributed by atoms with E-state index in [1.165, 1.54) is 6.07 Å². The largest absolute Gasteiger partial charge is 0.494 e. The molecule has 0 saturated heterocycles. The van der Waals surface area contributed by atoms with Crippen molar-refractivity contribution >= 4 is 35.0 Å². The first-order valence-electron chi connectivity index (χ1n) is 13.9. The molecule has 0 fully saturated rings. The molecule has 41 heavy (non-hydrogen) atoms. The number of fused-ring (bicyclic) bond motifs is 1. The molecule has 1 heterocycles. The zero-order chi connectivity index (χ0) is 29.4. The standard InChI is InChI=1S/C34H36FNO5/c1-23-26(9-6-13-31(23)35)8-3-4-21-41-28-19-16-25(17-20-28)15-18-27-10-5-12-30-29(11-7-14-32(37)38)24(2)36(34(27)30)22-33(39)40/h5-6,9-10,12-13,15-20H,3-4,7-8,11,14,21-22H2,1-2H3,(H,37,38)(H,39,40)/b18-15+. The Bertz CT molecular complexity index is 1550. The lowest BCUT2D eigenvalue weighted by atomic mass is 10.0. The first kappa shape index (κ1) is 29.6. The highest BCUT2D eigenvalue weighted by Gasteiger charge is 2.18. The van der Waals surface area contributed by atoms with Crippen molar-refractivity contribution < 1.29 is 28.9 Å². The van der Waals surface area contributed by atoms with Crippen LogP contribution in [0.2, 0.25) is 0 Å². The number of aliphatic carboxylic acids is 2. The van der Waals surface area contributed by atoms with Gasteiger partial charge in [0.25, 0.3) is 0 Å². The van der Waals surface area contributed by atoms with Gasteiger partial charge in [-0.25, -0.2) is 4.39 Å². The van der Waals surface area contributed by atoms with Gasteiger partial charge in [0.1, 0.15) is 18.1 Å². The number of aromatic nitrogens is 1. The van der Waals surface area contributed by atoms with Gasteiger partial charge in [-0.1, -0.05) is 54.6 Å². The lowest BCUT2D eigenvalue weighted by Gasteiger charge is -2.09. The molecule has 0 spiro atoms. The van der Waals surface area contributed by atoms with Crippen molar-refractivity contribution in [1.29, 1.82) is 0 Å². The molecule has 7 heteroatoms. The molecule has 214 valence electrons. The van der Waals surface area contributed by atoms with Crippen molar-refractivity contribution in [2.45, 2.75) is 58.9 Å². The van der Waals surface area contributed by atoms with Gasteiger partial charge in [-0.2, -0.15) is 0 Å². The van der Waals surface area contributed by atoms with Gasteiger partial charge in [-0.3, -0.25) is 9.59 Å². The van der Waals surface area contributed by atoms with Gasteiger partial charge in [-0.05, 0) is 92.0 Å². The molecule has 0 saturated carbocycles. The molecule has 4 rings (SSSR count). The highest BCUT2D eigenvalue weighted by Crippen LogP contribution is 2.31. The van der Waals surface area contributed by atoms with E-state index in [1.54, 1.807) is 10.6 Å². The van der Waals surface area contributed by atoms with Gasteiger partial charge in [0.15, 0.2) is 0 Å². The third-order valence-electron chi connectivity index (χ3n) is 7.44. The van der Waals surface area contributed by atoms with E-state index in [2.05, 4.69) is 0 Å². The first-order chi connectivity index (χ1) is 19.7. The minimum atomic E-state index is -0.930. The minimum Gasteiger partial charge on any atom is -0.494 e. The maximum Gasteiger partial charge on any atom is 0.323 e. The van der Waals surface area contributed by atoms with Crippen molar-refractivity contribution in [3.05, 3.63) is 100.0 Å². The number of halogens is 1. The summed E-state index contributed by atoms with van der Waals surface area (Å²) in [6.45, 7) is 4.13. The van der Waals surface area contributed by atoms with Crippen molar-refractivity contribution in [1.82, 2.24) is 4.57 Å². The Labute approximate surface area is 239 Å². The molecular weight excluding hydrogens is 521 g/mol. The quantitative estimate of drug-likeness (QED) is 0.124. The smallest absolute Gasteiger partial charge is 0.323 e. The molecule has 0 radical (unpaired) electrons. The van der Waals surface area contributed by atoms with Crippen LogP contribution in [0.1, 0.15) is 59.2 Å². The van der Waals surface area contributed by atoms with Crippen LogP contribution < -0.4 is 4.74 Å². The molecule has 6 nitrogen and oxygen atoms in total. The van der Waals surface area contributed by atoms with Gasteiger partial charge in [0, 0.05) is 17.5 Å². The Kier molecular flexibility index (Phi) is 9.95. The fraction of sp³-hybridized carbons (Fsp3) is 0.294. The van der Waals surface area contributed by atoms with Crippen LogP contribution in [0, 0.1) is 19.7 Å². The number of carbonyl (C=O) groups is 2. The fourth-order valence-electron chi connectivity index (χ4n) is 5.22. The van der Waals surface area contributed by atoms with Crippen LogP contribution in [-0.4, -0.2) is 33.3 Å². The number of aryl methyl sites for hydroxylation is 2. The molecule has 0 aliphatic heterocycles. The predicted molar refractivity (Wildman–Crippen MR) is 160 cm³/mol. The van der Waals surface area contributed by atoms with Crippen LogP contribution in [0.4, 0.5) is 4.39 Å². The molecule has 3 aromatic carbocycles. The summed E-state index contributed by atoms with van der Waals surface area (Å²) < 4.78 is 21.4. The van der Waals surface area contributed by atoms with Crippen LogP contribution in [0.15, 0.2) is 60.7 Å². The molecule has 0 aliphatic rings. The number of nitrogens with zero attached hydrogens (tertiary/aromatic N) is 1. The van der Waals surface area contributed by atoms with E-state index >= 15 is 0 Å². The average Bonchev–Trinajstić information content (AvgIpc) is 3.20. The fourth-order valence-corrected chi connectivity index (χ4v) is 5.22. The van der Waals surface area contributed by atoms with Gasteiger partial charge < -0.3 is 19.5 Å². The number of carboxylic acids is 2. The van der Waals surface area contributed by atoms with Gasteiger partial charge in [0.05, 0.1) is 12.1 Å². The third-order valence-corrected chi connectivity index (χ3v) is 7.44. The number of para-hydroxylation sites is 1. The van der Waals surface area contributed by atoms with Gasteiger partial charge in [0.2, 0.25) is 0 Å². The van der Waals surface area contributed by atoms with Crippen molar-refractivity contribution in [3.63, 3.8) is 0 Å². The van der Waals surface area contributed by atoms with E-state index in [0.717, 1.165) is 69.4 Å². The third kappa shape index (κ3) is 7.63. The van der Waals surface area contributed by atoms with Crippen molar-refractivity contribution in [2.24, 2.45) is 0 Å². The molecular formula is C34H36FNO5. The van der Waals surface area contributed by atoms with Crippen LogP contribution in [0.25, 0.3) is 23.1 Å². The molecule has 0 atom stereocenters. The zero-order valence-corrected chi connectivity index (χ0v) is 23.5. The molecule has 0 unspecified atom stereocenters. The number of benzene rings is 3. The Hall–Kier alpha value is -4.39. The zero-order valence-electron chi connectivity index (χ0n) is 23.5. The maximum absolute atomic E-state index is 13.7. The normalized spacial score (nSPS) is 11.4. The van der Waals surface area contributed by atoms with Crippen LogP contribution in [0.3, 0.4) is 0 Å². The van der Waals surface area contributed by atoms with Gasteiger partial charge >= 0.3 is 11.9 Å². The van der Waals surface area contributed by atoms with E-state index in [4.69, 9.17) is 9.84 Å².